The molecule has 0 radical (unpaired) electrons. The normalized spacial score (nSPS) is 18.4. The van der Waals surface area contributed by atoms with Gasteiger partial charge in [0.1, 0.15) is 0 Å². The fraction of sp³-hybridized carbons (Fsp3) is 0.438. The Morgan fingerprint density at radius 3 is 2.74 bits per heavy atom. The van der Waals surface area contributed by atoms with Crippen molar-refractivity contribution in [2.75, 3.05) is 23.5 Å². The summed E-state index contributed by atoms with van der Waals surface area (Å²) in [6, 6.07) is 7.27. The molecule has 1 aliphatic heterocycles. The van der Waals surface area contributed by atoms with Crippen LogP contribution < -0.4 is 5.43 Å². The molecule has 1 saturated heterocycles. The fourth-order valence-corrected chi connectivity index (χ4v) is 6.24. The lowest BCUT2D eigenvalue weighted by Crippen LogP contribution is -2.26. The van der Waals surface area contributed by atoms with Gasteiger partial charge in [0.2, 0.25) is 5.16 Å². The molecule has 2 heterocycles. The van der Waals surface area contributed by atoms with Gasteiger partial charge in [-0.1, -0.05) is 35.5 Å². The van der Waals surface area contributed by atoms with Crippen LogP contribution in [0.25, 0.3) is 0 Å². The minimum Gasteiger partial charge on any atom is -0.449 e. The van der Waals surface area contributed by atoms with E-state index in [-0.39, 0.29) is 23.4 Å². The van der Waals surface area contributed by atoms with Crippen LogP contribution in [-0.2, 0) is 21.0 Å². The van der Waals surface area contributed by atoms with E-state index in [1.165, 1.54) is 16.4 Å². The van der Waals surface area contributed by atoms with Gasteiger partial charge in [0.25, 0.3) is 0 Å². The second-order valence-corrected chi connectivity index (χ2v) is 9.95. The Hall–Kier alpha value is -1.78. The average Bonchev–Trinajstić information content (AvgIpc) is 3.14. The van der Waals surface area contributed by atoms with E-state index in [1.54, 1.807) is 19.1 Å². The second kappa shape index (κ2) is 8.49. The molecule has 0 spiro atoms. The zero-order chi connectivity index (χ0) is 19.4. The number of ether oxygens (including phenoxy) is 1. The van der Waals surface area contributed by atoms with Gasteiger partial charge in [-0.3, -0.25) is 0 Å². The minimum atomic E-state index is -3.01. The molecule has 0 saturated carbocycles. The lowest BCUT2D eigenvalue weighted by atomic mass is 10.1. The molecule has 1 N–H and O–H groups in total. The van der Waals surface area contributed by atoms with E-state index in [9.17, 15) is 13.2 Å². The number of carbonyl (C=O) groups excluding carboxylic acids is 1. The number of thioether (sulfide) groups is 1. The van der Waals surface area contributed by atoms with Crippen LogP contribution in [0.1, 0.15) is 24.7 Å². The molecule has 2 aromatic rings. The van der Waals surface area contributed by atoms with Crippen LogP contribution in [-0.4, -0.2) is 52.7 Å². The first-order chi connectivity index (χ1) is 12.9. The molecule has 27 heavy (non-hydrogen) atoms. The molecular formula is C16H19ClN4O4S2. The fourth-order valence-electron chi connectivity index (χ4n) is 2.65. The minimum absolute atomic E-state index is 0.0937. The van der Waals surface area contributed by atoms with Crippen molar-refractivity contribution in [2.45, 2.75) is 30.2 Å². The predicted molar refractivity (Wildman–Crippen MR) is 104 cm³/mol. The van der Waals surface area contributed by atoms with Crippen molar-refractivity contribution in [1.29, 1.82) is 0 Å². The third-order valence-corrected chi connectivity index (χ3v) is 7.36. The molecule has 3 rings (SSSR count). The predicted octanol–water partition coefficient (Wildman–Crippen LogP) is 2.50. The number of hydrogen-bond donors (Lipinski definition) is 1. The first-order valence-electron chi connectivity index (χ1n) is 8.36. The summed E-state index contributed by atoms with van der Waals surface area (Å²) >= 11 is 7.21. The number of halogens is 1. The molecule has 1 unspecified atom stereocenters. The number of rotatable bonds is 6. The van der Waals surface area contributed by atoms with Crippen LogP contribution in [0.4, 0.5) is 4.79 Å². The molecule has 1 aliphatic rings. The van der Waals surface area contributed by atoms with E-state index in [0.29, 0.717) is 28.8 Å². The summed E-state index contributed by atoms with van der Waals surface area (Å²) < 4.78 is 29.8. The van der Waals surface area contributed by atoms with Crippen LogP contribution in [0.15, 0.2) is 29.4 Å². The molecule has 1 aromatic carbocycles. The number of nitrogens with zero attached hydrogens (tertiary/aromatic N) is 3. The van der Waals surface area contributed by atoms with Crippen LogP contribution >= 0.6 is 23.4 Å². The zero-order valence-corrected chi connectivity index (χ0v) is 17.0. The summed E-state index contributed by atoms with van der Waals surface area (Å²) in [5, 5.41) is 9.24. The van der Waals surface area contributed by atoms with Crippen LogP contribution in [0.3, 0.4) is 0 Å². The third-order valence-electron chi connectivity index (χ3n) is 3.92. The number of aromatic nitrogens is 3. The van der Waals surface area contributed by atoms with Gasteiger partial charge < -0.3 is 4.74 Å². The van der Waals surface area contributed by atoms with E-state index in [2.05, 4.69) is 15.6 Å². The standard InChI is InChI=1S/C16H19ClN4O4S2/c1-2-25-16(22)20-21-14(9-11-3-5-12(17)6-4-11)18-19-15(21)26-13-7-8-27(23,24)10-13/h3-6,13H,2,7-10H2,1H3,(H,20,22). The van der Waals surface area contributed by atoms with Crippen molar-refractivity contribution < 1.29 is 17.9 Å². The maximum atomic E-state index is 11.9. The van der Waals surface area contributed by atoms with Crippen molar-refractivity contribution in [3.05, 3.63) is 40.7 Å². The molecule has 0 aliphatic carbocycles. The Balaban J connectivity index is 1.82. The largest absolute Gasteiger partial charge is 0.449 e. The quantitative estimate of drug-likeness (QED) is 0.750. The van der Waals surface area contributed by atoms with Crippen molar-refractivity contribution >= 4 is 39.3 Å². The maximum Gasteiger partial charge on any atom is 0.426 e. The summed E-state index contributed by atoms with van der Waals surface area (Å²) in [4.78, 5) is 11.9. The topological polar surface area (TPSA) is 103 Å². The van der Waals surface area contributed by atoms with E-state index < -0.39 is 15.9 Å². The molecule has 1 fully saturated rings. The summed E-state index contributed by atoms with van der Waals surface area (Å²) in [6.07, 6.45) is 0.335. The highest BCUT2D eigenvalue weighted by atomic mass is 35.5. The van der Waals surface area contributed by atoms with Gasteiger partial charge in [0, 0.05) is 16.7 Å². The number of nitrogens with one attached hydrogen (secondary N) is 1. The van der Waals surface area contributed by atoms with Gasteiger partial charge >= 0.3 is 6.09 Å². The number of hydrogen-bond acceptors (Lipinski definition) is 7. The third kappa shape index (κ3) is 5.36. The monoisotopic (exact) mass is 430 g/mol. The zero-order valence-electron chi connectivity index (χ0n) is 14.6. The maximum absolute atomic E-state index is 11.9. The van der Waals surface area contributed by atoms with Gasteiger partial charge in [0.15, 0.2) is 15.7 Å². The number of amides is 1. The van der Waals surface area contributed by atoms with E-state index in [4.69, 9.17) is 16.3 Å². The Labute approximate surface area is 166 Å². The SMILES string of the molecule is CCOC(=O)Nn1c(Cc2ccc(Cl)cc2)nnc1SC1CCS(=O)(=O)C1. The summed E-state index contributed by atoms with van der Waals surface area (Å²) in [5.74, 6) is 0.770. The van der Waals surface area contributed by atoms with E-state index >= 15 is 0 Å². The lowest BCUT2D eigenvalue weighted by Gasteiger charge is -2.13. The molecule has 11 heteroatoms. The number of carbonyl (C=O) groups is 1. The van der Waals surface area contributed by atoms with Crippen LogP contribution in [0.2, 0.25) is 5.02 Å². The highest BCUT2D eigenvalue weighted by Crippen LogP contribution is 2.30. The van der Waals surface area contributed by atoms with Gasteiger partial charge in [0.05, 0.1) is 18.1 Å². The van der Waals surface area contributed by atoms with Crippen LogP contribution in [0, 0.1) is 0 Å². The Bertz CT molecular complexity index is 915. The van der Waals surface area contributed by atoms with Gasteiger partial charge in [-0.25, -0.2) is 23.3 Å². The lowest BCUT2D eigenvalue weighted by molar-refractivity contribution is 0.163. The molecule has 1 amide bonds. The number of sulfone groups is 1. The van der Waals surface area contributed by atoms with Gasteiger partial charge in [-0.2, -0.15) is 0 Å². The van der Waals surface area contributed by atoms with Crippen molar-refractivity contribution in [1.82, 2.24) is 14.9 Å². The number of benzene rings is 1. The molecule has 1 aromatic heterocycles. The van der Waals surface area contributed by atoms with Crippen molar-refractivity contribution in [3.8, 4) is 0 Å². The molecule has 1 atom stereocenters. The Kier molecular flexibility index (Phi) is 6.28. The summed E-state index contributed by atoms with van der Waals surface area (Å²) in [7, 11) is -3.01. The average molecular weight is 431 g/mol. The molecule has 146 valence electrons. The van der Waals surface area contributed by atoms with E-state index in [0.717, 1.165) is 5.56 Å². The molecule has 0 bridgehead atoms. The summed E-state index contributed by atoms with van der Waals surface area (Å²) in [6.45, 7) is 1.93. The van der Waals surface area contributed by atoms with E-state index in [1.807, 2.05) is 12.1 Å². The Morgan fingerprint density at radius 1 is 1.37 bits per heavy atom. The molecule has 8 nitrogen and oxygen atoms in total. The van der Waals surface area contributed by atoms with Gasteiger partial charge in [-0.15, -0.1) is 10.2 Å². The highest BCUT2D eigenvalue weighted by molar-refractivity contribution is 8.01. The van der Waals surface area contributed by atoms with Crippen molar-refractivity contribution in [3.63, 3.8) is 0 Å². The first kappa shape index (κ1) is 20.0. The van der Waals surface area contributed by atoms with Crippen molar-refractivity contribution in [2.24, 2.45) is 0 Å². The van der Waals surface area contributed by atoms with Crippen LogP contribution in [0.5, 0.6) is 0 Å². The Morgan fingerprint density at radius 2 is 2.11 bits per heavy atom. The highest BCUT2D eigenvalue weighted by Gasteiger charge is 2.30. The van der Waals surface area contributed by atoms with Gasteiger partial charge in [-0.05, 0) is 31.0 Å². The smallest absolute Gasteiger partial charge is 0.426 e. The first-order valence-corrected chi connectivity index (χ1v) is 11.4. The molecular weight excluding hydrogens is 412 g/mol. The second-order valence-electron chi connectivity index (χ2n) is 6.01. The summed E-state index contributed by atoms with van der Waals surface area (Å²) in [5.41, 5.74) is 3.56.